The molecule has 0 amide bonds. The highest BCUT2D eigenvalue weighted by atomic mass is 16.5. The van der Waals surface area contributed by atoms with Crippen LogP contribution in [0, 0.1) is 0 Å². The molecule has 1 aromatic rings. The Morgan fingerprint density at radius 3 is 2.11 bits per heavy atom. The van der Waals surface area contributed by atoms with E-state index in [1.165, 1.54) is 0 Å². The van der Waals surface area contributed by atoms with Gasteiger partial charge in [-0.1, -0.05) is 13.8 Å². The maximum absolute atomic E-state index is 10.9. The molecule has 18 heavy (non-hydrogen) atoms. The maximum Gasteiger partial charge on any atom is 0.307 e. The van der Waals surface area contributed by atoms with Crippen LogP contribution >= 0.6 is 0 Å². The zero-order valence-electron chi connectivity index (χ0n) is 11.2. The van der Waals surface area contributed by atoms with E-state index in [-0.39, 0.29) is 6.42 Å². The number of hydrogen-bond donors (Lipinski definition) is 1. The van der Waals surface area contributed by atoms with E-state index in [0.717, 1.165) is 17.0 Å². The Balaban J connectivity index is 3.12. The number of aryl methyl sites for hydroxylation is 2. The summed E-state index contributed by atoms with van der Waals surface area (Å²) in [4.78, 5) is 19.7. The van der Waals surface area contributed by atoms with Crippen LogP contribution in [0.2, 0.25) is 0 Å². The Bertz CT molecular complexity index is 394. The zero-order valence-corrected chi connectivity index (χ0v) is 11.2. The Kier molecular flexibility index (Phi) is 5.71. The van der Waals surface area contributed by atoms with Gasteiger partial charge in [0.2, 0.25) is 0 Å². The SMILES string of the molecule is CCOCc1nc(CC)c(CC(=O)O)c(CC)n1. The van der Waals surface area contributed by atoms with Gasteiger partial charge in [0, 0.05) is 23.6 Å². The normalized spacial score (nSPS) is 10.6. The van der Waals surface area contributed by atoms with E-state index in [1.54, 1.807) is 0 Å². The predicted molar refractivity (Wildman–Crippen MR) is 67.5 cm³/mol. The van der Waals surface area contributed by atoms with Gasteiger partial charge in [-0.05, 0) is 19.8 Å². The number of ether oxygens (including phenoxy) is 1. The van der Waals surface area contributed by atoms with Crippen molar-refractivity contribution in [2.45, 2.75) is 46.6 Å². The largest absolute Gasteiger partial charge is 0.481 e. The number of nitrogens with zero attached hydrogens (tertiary/aromatic N) is 2. The molecular weight excluding hydrogens is 232 g/mol. The highest BCUT2D eigenvalue weighted by Gasteiger charge is 2.14. The number of aliphatic carboxylic acids is 1. The number of hydrogen-bond acceptors (Lipinski definition) is 4. The maximum atomic E-state index is 10.9. The van der Waals surface area contributed by atoms with Crippen LogP contribution in [0.4, 0.5) is 0 Å². The van der Waals surface area contributed by atoms with Crippen molar-refractivity contribution in [3.63, 3.8) is 0 Å². The molecule has 1 aromatic heterocycles. The summed E-state index contributed by atoms with van der Waals surface area (Å²) in [6, 6.07) is 0. The third-order valence-electron chi connectivity index (χ3n) is 2.66. The molecule has 0 aromatic carbocycles. The van der Waals surface area contributed by atoms with Gasteiger partial charge in [0.1, 0.15) is 6.61 Å². The minimum Gasteiger partial charge on any atom is -0.481 e. The van der Waals surface area contributed by atoms with Crippen molar-refractivity contribution in [2.24, 2.45) is 0 Å². The highest BCUT2D eigenvalue weighted by molar-refractivity contribution is 5.71. The van der Waals surface area contributed by atoms with Crippen molar-refractivity contribution in [2.75, 3.05) is 6.61 Å². The lowest BCUT2D eigenvalue weighted by molar-refractivity contribution is -0.136. The third-order valence-corrected chi connectivity index (χ3v) is 2.66. The first-order valence-electron chi connectivity index (χ1n) is 6.29. The fourth-order valence-electron chi connectivity index (χ4n) is 1.84. The smallest absolute Gasteiger partial charge is 0.307 e. The summed E-state index contributed by atoms with van der Waals surface area (Å²) in [6.45, 7) is 6.85. The van der Waals surface area contributed by atoms with Crippen LogP contribution in [-0.4, -0.2) is 27.7 Å². The highest BCUT2D eigenvalue weighted by Crippen LogP contribution is 2.15. The second kappa shape index (κ2) is 7.06. The fraction of sp³-hybridized carbons (Fsp3) is 0.615. The van der Waals surface area contributed by atoms with Gasteiger partial charge >= 0.3 is 5.97 Å². The Labute approximate surface area is 107 Å². The number of carbonyl (C=O) groups is 1. The lowest BCUT2D eigenvalue weighted by Gasteiger charge is -2.12. The monoisotopic (exact) mass is 252 g/mol. The molecule has 0 bridgehead atoms. The molecule has 0 fully saturated rings. The summed E-state index contributed by atoms with van der Waals surface area (Å²) < 4.78 is 5.30. The lowest BCUT2D eigenvalue weighted by atomic mass is 10.0. The molecule has 0 aliphatic carbocycles. The van der Waals surface area contributed by atoms with Crippen LogP contribution in [-0.2, 0) is 35.4 Å². The molecule has 0 spiro atoms. The van der Waals surface area contributed by atoms with Crippen molar-refractivity contribution < 1.29 is 14.6 Å². The Morgan fingerprint density at radius 2 is 1.72 bits per heavy atom. The topological polar surface area (TPSA) is 72.3 Å². The molecule has 0 aliphatic heterocycles. The predicted octanol–water partition coefficient (Wildman–Crippen LogP) is 1.77. The summed E-state index contributed by atoms with van der Waals surface area (Å²) >= 11 is 0. The van der Waals surface area contributed by atoms with Crippen molar-refractivity contribution >= 4 is 5.97 Å². The molecule has 0 aliphatic rings. The number of aromatic nitrogens is 2. The van der Waals surface area contributed by atoms with Crippen LogP contribution in [0.5, 0.6) is 0 Å². The molecule has 1 N–H and O–H groups in total. The van der Waals surface area contributed by atoms with E-state index in [4.69, 9.17) is 9.84 Å². The number of carboxylic acid groups (broad SMARTS) is 1. The number of carboxylic acids is 1. The summed E-state index contributed by atoms with van der Waals surface area (Å²) in [6.07, 6.45) is 1.40. The molecule has 0 atom stereocenters. The average Bonchev–Trinajstić information content (AvgIpc) is 2.36. The van der Waals surface area contributed by atoms with Gasteiger partial charge in [0.05, 0.1) is 6.42 Å². The summed E-state index contributed by atoms with van der Waals surface area (Å²) in [5, 5.41) is 8.94. The summed E-state index contributed by atoms with van der Waals surface area (Å²) in [7, 11) is 0. The van der Waals surface area contributed by atoms with E-state index in [2.05, 4.69) is 9.97 Å². The molecule has 1 rings (SSSR count). The van der Waals surface area contributed by atoms with Gasteiger partial charge < -0.3 is 9.84 Å². The first kappa shape index (κ1) is 14.6. The lowest BCUT2D eigenvalue weighted by Crippen LogP contribution is -2.13. The van der Waals surface area contributed by atoms with Gasteiger partial charge in [-0.25, -0.2) is 9.97 Å². The minimum atomic E-state index is -0.847. The van der Waals surface area contributed by atoms with Gasteiger partial charge in [0.25, 0.3) is 0 Å². The van der Waals surface area contributed by atoms with Crippen molar-refractivity contribution in [3.05, 3.63) is 22.8 Å². The molecule has 0 saturated carbocycles. The molecule has 0 unspecified atom stereocenters. The fourth-order valence-corrected chi connectivity index (χ4v) is 1.84. The Morgan fingerprint density at radius 1 is 1.17 bits per heavy atom. The standard InChI is InChI=1S/C13H20N2O3/c1-4-10-9(7-13(16)17)11(5-2)15-12(14-10)8-18-6-3/h4-8H2,1-3H3,(H,16,17). The molecule has 100 valence electrons. The summed E-state index contributed by atoms with van der Waals surface area (Å²) in [5.41, 5.74) is 2.39. The molecular formula is C13H20N2O3. The molecule has 0 saturated heterocycles. The minimum absolute atomic E-state index is 0.0126. The quantitative estimate of drug-likeness (QED) is 0.800. The van der Waals surface area contributed by atoms with Crippen molar-refractivity contribution in [1.29, 1.82) is 0 Å². The molecule has 5 nitrogen and oxygen atoms in total. The second-order valence-electron chi connectivity index (χ2n) is 3.93. The van der Waals surface area contributed by atoms with Crippen LogP contribution in [0.25, 0.3) is 0 Å². The average molecular weight is 252 g/mol. The van der Waals surface area contributed by atoms with E-state index in [1.807, 2.05) is 20.8 Å². The van der Waals surface area contributed by atoms with E-state index < -0.39 is 5.97 Å². The Hall–Kier alpha value is -1.49. The second-order valence-corrected chi connectivity index (χ2v) is 3.93. The first-order chi connectivity index (χ1) is 8.62. The van der Waals surface area contributed by atoms with E-state index in [0.29, 0.717) is 31.9 Å². The zero-order chi connectivity index (χ0) is 13.5. The summed E-state index contributed by atoms with van der Waals surface area (Å²) in [5.74, 6) is -0.208. The van der Waals surface area contributed by atoms with Gasteiger partial charge in [-0.2, -0.15) is 0 Å². The van der Waals surface area contributed by atoms with Crippen LogP contribution in [0.3, 0.4) is 0 Å². The van der Waals surface area contributed by atoms with Crippen LogP contribution in [0.15, 0.2) is 0 Å². The molecule has 0 radical (unpaired) electrons. The third kappa shape index (κ3) is 3.77. The molecule has 5 heteroatoms. The van der Waals surface area contributed by atoms with Crippen molar-refractivity contribution in [3.8, 4) is 0 Å². The van der Waals surface area contributed by atoms with Gasteiger partial charge in [-0.3, -0.25) is 4.79 Å². The van der Waals surface area contributed by atoms with E-state index in [9.17, 15) is 4.79 Å². The van der Waals surface area contributed by atoms with E-state index >= 15 is 0 Å². The number of rotatable bonds is 7. The van der Waals surface area contributed by atoms with Crippen molar-refractivity contribution in [1.82, 2.24) is 9.97 Å². The first-order valence-corrected chi connectivity index (χ1v) is 6.29. The van der Waals surface area contributed by atoms with Gasteiger partial charge in [-0.15, -0.1) is 0 Å². The van der Waals surface area contributed by atoms with Gasteiger partial charge in [0.15, 0.2) is 5.82 Å². The van der Waals surface area contributed by atoms with Crippen LogP contribution in [0.1, 0.15) is 43.5 Å². The molecule has 1 heterocycles. The van der Waals surface area contributed by atoms with Crippen LogP contribution < -0.4 is 0 Å².